The van der Waals surface area contributed by atoms with Crippen molar-refractivity contribution in [3.8, 4) is 0 Å². The smallest absolute Gasteiger partial charge is 0.193 e. The van der Waals surface area contributed by atoms with Crippen molar-refractivity contribution in [2.24, 2.45) is 16.8 Å². The van der Waals surface area contributed by atoms with Gasteiger partial charge in [-0.1, -0.05) is 19.8 Å². The minimum atomic E-state index is 0.255. The van der Waals surface area contributed by atoms with Gasteiger partial charge in [-0.05, 0) is 39.3 Å². The molecule has 134 valence electrons. The third kappa shape index (κ3) is 4.83. The molecule has 0 amide bonds. The first-order valence-electron chi connectivity index (χ1n) is 9.14. The van der Waals surface area contributed by atoms with E-state index in [1.165, 1.54) is 32.1 Å². The molecule has 0 aromatic rings. The van der Waals surface area contributed by atoms with Gasteiger partial charge < -0.3 is 19.9 Å². The summed E-state index contributed by atoms with van der Waals surface area (Å²) in [5.41, 5.74) is 0.255. The number of nitrogens with one attached hydrogen (secondary N) is 1. The van der Waals surface area contributed by atoms with Crippen molar-refractivity contribution in [1.82, 2.24) is 15.1 Å². The van der Waals surface area contributed by atoms with Crippen molar-refractivity contribution in [3.63, 3.8) is 0 Å². The molecule has 1 saturated heterocycles. The summed E-state index contributed by atoms with van der Waals surface area (Å²) in [6.45, 7) is 6.18. The molecule has 0 spiro atoms. The van der Waals surface area contributed by atoms with Gasteiger partial charge >= 0.3 is 0 Å². The highest BCUT2D eigenvalue weighted by Crippen LogP contribution is 2.35. The fraction of sp³-hybridized carbons (Fsp3) is 0.944. The molecule has 2 fully saturated rings. The van der Waals surface area contributed by atoms with Gasteiger partial charge in [0.15, 0.2) is 5.96 Å². The van der Waals surface area contributed by atoms with E-state index in [4.69, 9.17) is 4.74 Å². The standard InChI is InChI=1S/C18H36N4O/c1-15-7-6-9-18(11-15,21(3)4)14-20-17(19-2)22(5)12-16-8-10-23-13-16/h15-16H,6-14H2,1-5H3,(H,19,20). The van der Waals surface area contributed by atoms with E-state index >= 15 is 0 Å². The largest absolute Gasteiger partial charge is 0.381 e. The molecular weight excluding hydrogens is 288 g/mol. The Bertz CT molecular complexity index is 392. The van der Waals surface area contributed by atoms with Crippen LogP contribution in [0, 0.1) is 11.8 Å². The lowest BCUT2D eigenvalue weighted by molar-refractivity contribution is 0.0789. The van der Waals surface area contributed by atoms with Gasteiger partial charge in [-0.3, -0.25) is 4.99 Å². The monoisotopic (exact) mass is 324 g/mol. The number of rotatable bonds is 5. The van der Waals surface area contributed by atoms with Crippen LogP contribution in [0.2, 0.25) is 0 Å². The van der Waals surface area contributed by atoms with Crippen LogP contribution in [0.15, 0.2) is 4.99 Å². The van der Waals surface area contributed by atoms with E-state index in [1.54, 1.807) is 0 Å². The molecule has 2 rings (SSSR count). The second-order valence-corrected chi connectivity index (χ2v) is 7.83. The van der Waals surface area contributed by atoms with Crippen molar-refractivity contribution in [2.75, 3.05) is 54.5 Å². The summed E-state index contributed by atoms with van der Waals surface area (Å²) in [7, 11) is 8.47. The SMILES string of the molecule is CN=C(NCC1(N(C)C)CCCC(C)C1)N(C)CC1CCOC1. The molecule has 5 nitrogen and oxygen atoms in total. The number of aliphatic imine (C=N–C) groups is 1. The molecule has 5 heteroatoms. The second kappa shape index (κ2) is 8.34. The Morgan fingerprint density at radius 2 is 2.09 bits per heavy atom. The number of hydrogen-bond acceptors (Lipinski definition) is 3. The van der Waals surface area contributed by atoms with Gasteiger partial charge in [0.05, 0.1) is 6.61 Å². The first kappa shape index (κ1) is 18.5. The molecule has 0 aromatic heterocycles. The number of likely N-dealkylation sites (N-methyl/N-ethyl adjacent to an activating group) is 1. The maximum absolute atomic E-state index is 5.49. The van der Waals surface area contributed by atoms with Crippen LogP contribution in [0.5, 0.6) is 0 Å². The summed E-state index contributed by atoms with van der Waals surface area (Å²) >= 11 is 0. The number of ether oxygens (including phenoxy) is 1. The van der Waals surface area contributed by atoms with Gasteiger partial charge in [0, 0.05) is 45.2 Å². The summed E-state index contributed by atoms with van der Waals surface area (Å²) in [4.78, 5) is 9.18. The zero-order chi connectivity index (χ0) is 16.9. The second-order valence-electron chi connectivity index (χ2n) is 7.83. The molecule has 3 atom stereocenters. The molecule has 3 unspecified atom stereocenters. The fourth-order valence-electron chi connectivity index (χ4n) is 4.19. The third-order valence-electron chi connectivity index (χ3n) is 5.72. The predicted molar refractivity (Wildman–Crippen MR) is 97.0 cm³/mol. The van der Waals surface area contributed by atoms with E-state index in [9.17, 15) is 0 Å². The lowest BCUT2D eigenvalue weighted by Gasteiger charge is -2.45. The maximum atomic E-state index is 5.49. The zero-order valence-corrected chi connectivity index (χ0v) is 15.8. The molecule has 23 heavy (non-hydrogen) atoms. The van der Waals surface area contributed by atoms with Crippen molar-refractivity contribution >= 4 is 5.96 Å². The lowest BCUT2D eigenvalue weighted by Crippen LogP contribution is -2.56. The molecule has 1 heterocycles. The quantitative estimate of drug-likeness (QED) is 0.621. The lowest BCUT2D eigenvalue weighted by atomic mass is 9.75. The molecule has 0 bridgehead atoms. The molecular formula is C18H36N4O. The van der Waals surface area contributed by atoms with Crippen molar-refractivity contribution < 1.29 is 4.74 Å². The molecule has 1 aliphatic carbocycles. The summed E-state index contributed by atoms with van der Waals surface area (Å²) in [6.07, 6.45) is 6.40. The van der Waals surface area contributed by atoms with Crippen LogP contribution in [0.25, 0.3) is 0 Å². The van der Waals surface area contributed by atoms with Crippen molar-refractivity contribution in [1.29, 1.82) is 0 Å². The molecule has 1 saturated carbocycles. The number of nitrogens with zero attached hydrogens (tertiary/aromatic N) is 3. The van der Waals surface area contributed by atoms with Crippen molar-refractivity contribution in [2.45, 2.75) is 44.6 Å². The molecule has 2 aliphatic rings. The Morgan fingerprint density at radius 3 is 2.65 bits per heavy atom. The minimum Gasteiger partial charge on any atom is -0.381 e. The Hall–Kier alpha value is -0.810. The molecule has 0 aromatic carbocycles. The van der Waals surface area contributed by atoms with Crippen LogP contribution in [0.1, 0.15) is 39.0 Å². The normalized spacial score (nSPS) is 32.3. The van der Waals surface area contributed by atoms with Crippen LogP contribution in [0.4, 0.5) is 0 Å². The minimum absolute atomic E-state index is 0.255. The van der Waals surface area contributed by atoms with E-state index in [-0.39, 0.29) is 5.54 Å². The van der Waals surface area contributed by atoms with Gasteiger partial charge in [0.2, 0.25) is 0 Å². The first-order valence-corrected chi connectivity index (χ1v) is 9.14. The predicted octanol–water partition coefficient (Wildman–Crippen LogP) is 2.04. The summed E-state index contributed by atoms with van der Waals surface area (Å²) in [5.74, 6) is 2.45. The van der Waals surface area contributed by atoms with Gasteiger partial charge in [0.1, 0.15) is 0 Å². The molecule has 1 aliphatic heterocycles. The van der Waals surface area contributed by atoms with Gasteiger partial charge in [0.25, 0.3) is 0 Å². The highest BCUT2D eigenvalue weighted by Gasteiger charge is 2.37. The summed E-state index contributed by atoms with van der Waals surface area (Å²) in [5, 5.41) is 3.65. The third-order valence-corrected chi connectivity index (χ3v) is 5.72. The maximum Gasteiger partial charge on any atom is 0.193 e. The Morgan fingerprint density at radius 1 is 1.30 bits per heavy atom. The van der Waals surface area contributed by atoms with Crippen LogP contribution in [0.3, 0.4) is 0 Å². The Kier molecular flexibility index (Phi) is 6.72. The Balaban J connectivity index is 1.92. The van der Waals surface area contributed by atoms with Crippen molar-refractivity contribution in [3.05, 3.63) is 0 Å². The topological polar surface area (TPSA) is 40.1 Å². The highest BCUT2D eigenvalue weighted by molar-refractivity contribution is 5.79. The number of guanidine groups is 1. The van der Waals surface area contributed by atoms with Crippen LogP contribution in [-0.4, -0.2) is 75.8 Å². The highest BCUT2D eigenvalue weighted by atomic mass is 16.5. The number of hydrogen-bond donors (Lipinski definition) is 1. The Labute approximate surface area is 142 Å². The average molecular weight is 325 g/mol. The average Bonchev–Trinajstić information content (AvgIpc) is 3.00. The zero-order valence-electron chi connectivity index (χ0n) is 15.8. The van der Waals surface area contributed by atoms with Crippen LogP contribution >= 0.6 is 0 Å². The van der Waals surface area contributed by atoms with Gasteiger partial charge in [-0.15, -0.1) is 0 Å². The summed E-state index contributed by atoms with van der Waals surface area (Å²) < 4.78 is 5.49. The molecule has 0 radical (unpaired) electrons. The van der Waals surface area contributed by atoms with E-state index in [1.807, 2.05) is 7.05 Å². The van der Waals surface area contributed by atoms with E-state index in [2.05, 4.69) is 48.2 Å². The summed E-state index contributed by atoms with van der Waals surface area (Å²) in [6, 6.07) is 0. The van der Waals surface area contributed by atoms with E-state index in [0.29, 0.717) is 5.92 Å². The molecule has 1 N–H and O–H groups in total. The van der Waals surface area contributed by atoms with E-state index in [0.717, 1.165) is 38.2 Å². The van der Waals surface area contributed by atoms with E-state index < -0.39 is 0 Å². The fourth-order valence-corrected chi connectivity index (χ4v) is 4.19. The van der Waals surface area contributed by atoms with Gasteiger partial charge in [-0.2, -0.15) is 0 Å². The first-order chi connectivity index (χ1) is 11.0. The van der Waals surface area contributed by atoms with Gasteiger partial charge in [-0.25, -0.2) is 0 Å². The van der Waals surface area contributed by atoms with Crippen LogP contribution < -0.4 is 5.32 Å². The van der Waals surface area contributed by atoms with Crippen LogP contribution in [-0.2, 0) is 4.74 Å².